The average Bonchev–Trinajstić information content (AvgIpc) is 2.52. The normalized spacial score (nSPS) is 13.5. The summed E-state index contributed by atoms with van der Waals surface area (Å²) in [5.74, 6) is 0. The monoisotopic (exact) mass is 196 g/mol. The van der Waals surface area contributed by atoms with Crippen LogP contribution in [0.5, 0.6) is 0 Å². The molecule has 0 radical (unpaired) electrons. The van der Waals surface area contributed by atoms with Gasteiger partial charge in [-0.1, -0.05) is 0 Å². The van der Waals surface area contributed by atoms with Gasteiger partial charge in [-0.05, 0) is 46.1 Å². The molecule has 0 aliphatic carbocycles. The first kappa shape index (κ1) is 11.2. The van der Waals surface area contributed by atoms with Crippen LogP contribution in [-0.4, -0.2) is 21.0 Å². The Morgan fingerprint density at radius 2 is 2.14 bits per heavy atom. The summed E-state index contributed by atoms with van der Waals surface area (Å²) in [7, 11) is 0. The van der Waals surface area contributed by atoms with E-state index < -0.39 is 0 Å². The molecule has 1 aromatic heterocycles. The Labute approximate surface area is 85.8 Å². The van der Waals surface area contributed by atoms with Crippen molar-refractivity contribution in [3.63, 3.8) is 0 Å². The van der Waals surface area contributed by atoms with Crippen molar-refractivity contribution in [2.24, 2.45) is 0 Å². The summed E-state index contributed by atoms with van der Waals surface area (Å²) in [4.78, 5) is 0. The summed E-state index contributed by atoms with van der Waals surface area (Å²) in [6.07, 6.45) is 4.65. The van der Waals surface area contributed by atoms with Gasteiger partial charge in [-0.3, -0.25) is 4.68 Å². The maximum Gasteiger partial charge on any atom is 0.0624 e. The summed E-state index contributed by atoms with van der Waals surface area (Å²) in [5, 5.41) is 13.5. The number of hydrogen-bond acceptors (Lipinski definition) is 2. The molecule has 1 heterocycles. The molecule has 1 rings (SSSR count). The Balaban J connectivity index is 2.36. The van der Waals surface area contributed by atoms with Gasteiger partial charge in [0.2, 0.25) is 0 Å². The zero-order chi connectivity index (χ0) is 10.6. The van der Waals surface area contributed by atoms with Crippen LogP contribution in [-0.2, 0) is 6.42 Å². The molecule has 1 aromatic rings. The van der Waals surface area contributed by atoms with Gasteiger partial charge in [-0.15, -0.1) is 0 Å². The van der Waals surface area contributed by atoms with Crippen molar-refractivity contribution in [1.82, 2.24) is 9.78 Å². The highest BCUT2D eigenvalue weighted by molar-refractivity contribution is 4.99. The standard InChI is InChI=1S/C11H20N2O/c1-9(2)13-8-7-11(12-13)6-4-5-10(3)14/h7-10,14H,4-6H2,1-3H3. The molecular weight excluding hydrogens is 176 g/mol. The molecule has 0 saturated heterocycles. The molecule has 1 unspecified atom stereocenters. The van der Waals surface area contributed by atoms with E-state index >= 15 is 0 Å². The first-order chi connectivity index (χ1) is 6.59. The van der Waals surface area contributed by atoms with Crippen molar-refractivity contribution in [3.8, 4) is 0 Å². The second-order valence-electron chi connectivity index (χ2n) is 4.12. The highest BCUT2D eigenvalue weighted by Crippen LogP contribution is 2.07. The lowest BCUT2D eigenvalue weighted by atomic mass is 10.1. The third kappa shape index (κ3) is 3.50. The number of aliphatic hydroxyl groups is 1. The molecule has 0 aliphatic heterocycles. The van der Waals surface area contributed by atoms with E-state index in [2.05, 4.69) is 25.0 Å². The van der Waals surface area contributed by atoms with E-state index in [0.29, 0.717) is 6.04 Å². The lowest BCUT2D eigenvalue weighted by molar-refractivity contribution is 0.181. The van der Waals surface area contributed by atoms with Crippen LogP contribution in [0, 0.1) is 0 Å². The topological polar surface area (TPSA) is 38.0 Å². The van der Waals surface area contributed by atoms with Crippen LogP contribution in [0.15, 0.2) is 12.3 Å². The first-order valence-corrected chi connectivity index (χ1v) is 5.31. The summed E-state index contributed by atoms with van der Waals surface area (Å²) in [5.41, 5.74) is 1.12. The molecule has 1 atom stereocenters. The van der Waals surface area contributed by atoms with E-state index in [4.69, 9.17) is 5.11 Å². The minimum atomic E-state index is -0.192. The van der Waals surface area contributed by atoms with Crippen LogP contribution in [0.1, 0.15) is 45.3 Å². The van der Waals surface area contributed by atoms with Crippen LogP contribution in [0.2, 0.25) is 0 Å². The molecule has 0 amide bonds. The number of aryl methyl sites for hydroxylation is 1. The lowest BCUT2D eigenvalue weighted by Gasteiger charge is -2.04. The molecular formula is C11H20N2O. The predicted octanol–water partition coefficient (Wildman–Crippen LogP) is 2.17. The van der Waals surface area contributed by atoms with Gasteiger partial charge in [0.05, 0.1) is 11.8 Å². The van der Waals surface area contributed by atoms with E-state index in [1.54, 1.807) is 0 Å². The smallest absolute Gasteiger partial charge is 0.0624 e. The summed E-state index contributed by atoms with van der Waals surface area (Å²) in [6.45, 7) is 6.06. The molecule has 0 aromatic carbocycles. The van der Waals surface area contributed by atoms with Crippen molar-refractivity contribution in [2.45, 2.75) is 52.2 Å². The van der Waals surface area contributed by atoms with Gasteiger partial charge in [0.15, 0.2) is 0 Å². The first-order valence-electron chi connectivity index (χ1n) is 5.31. The van der Waals surface area contributed by atoms with Gasteiger partial charge in [0.1, 0.15) is 0 Å². The molecule has 0 spiro atoms. The molecule has 1 N–H and O–H groups in total. The van der Waals surface area contributed by atoms with Crippen molar-refractivity contribution < 1.29 is 5.11 Å². The fraction of sp³-hybridized carbons (Fsp3) is 0.727. The molecule has 0 fully saturated rings. The molecule has 3 heteroatoms. The van der Waals surface area contributed by atoms with Crippen LogP contribution in [0.3, 0.4) is 0 Å². The van der Waals surface area contributed by atoms with Crippen LogP contribution in [0.25, 0.3) is 0 Å². The zero-order valence-corrected chi connectivity index (χ0v) is 9.27. The minimum Gasteiger partial charge on any atom is -0.393 e. The van der Waals surface area contributed by atoms with E-state index in [9.17, 15) is 0 Å². The van der Waals surface area contributed by atoms with Gasteiger partial charge in [0.25, 0.3) is 0 Å². The van der Waals surface area contributed by atoms with E-state index in [-0.39, 0.29) is 6.10 Å². The highest BCUT2D eigenvalue weighted by Gasteiger charge is 2.02. The van der Waals surface area contributed by atoms with E-state index in [0.717, 1.165) is 25.0 Å². The van der Waals surface area contributed by atoms with Gasteiger partial charge in [-0.2, -0.15) is 5.10 Å². The van der Waals surface area contributed by atoms with Crippen LogP contribution < -0.4 is 0 Å². The lowest BCUT2D eigenvalue weighted by Crippen LogP contribution is -2.03. The number of aliphatic hydroxyl groups excluding tert-OH is 1. The second kappa shape index (κ2) is 5.15. The average molecular weight is 196 g/mol. The summed E-state index contributed by atoms with van der Waals surface area (Å²) < 4.78 is 1.97. The largest absolute Gasteiger partial charge is 0.393 e. The minimum absolute atomic E-state index is 0.192. The number of aromatic nitrogens is 2. The number of hydrogen-bond donors (Lipinski definition) is 1. The van der Waals surface area contributed by atoms with E-state index in [1.165, 1.54) is 0 Å². The van der Waals surface area contributed by atoms with Crippen LogP contribution in [0.4, 0.5) is 0 Å². The van der Waals surface area contributed by atoms with Crippen molar-refractivity contribution >= 4 is 0 Å². The van der Waals surface area contributed by atoms with Gasteiger partial charge in [-0.25, -0.2) is 0 Å². The fourth-order valence-electron chi connectivity index (χ4n) is 1.38. The molecule has 0 aliphatic rings. The number of rotatable bonds is 5. The van der Waals surface area contributed by atoms with Crippen molar-refractivity contribution in [1.29, 1.82) is 0 Å². The Morgan fingerprint density at radius 3 is 2.64 bits per heavy atom. The summed E-state index contributed by atoms with van der Waals surface area (Å²) in [6, 6.07) is 2.49. The number of nitrogens with zero attached hydrogens (tertiary/aromatic N) is 2. The maximum atomic E-state index is 9.10. The third-order valence-electron chi connectivity index (χ3n) is 2.25. The predicted molar refractivity (Wildman–Crippen MR) is 57.2 cm³/mol. The van der Waals surface area contributed by atoms with Gasteiger partial charge < -0.3 is 5.11 Å². The summed E-state index contributed by atoms with van der Waals surface area (Å²) >= 11 is 0. The fourth-order valence-corrected chi connectivity index (χ4v) is 1.38. The zero-order valence-electron chi connectivity index (χ0n) is 9.27. The van der Waals surface area contributed by atoms with Crippen molar-refractivity contribution in [3.05, 3.63) is 18.0 Å². The second-order valence-corrected chi connectivity index (χ2v) is 4.12. The van der Waals surface area contributed by atoms with Gasteiger partial charge >= 0.3 is 0 Å². The van der Waals surface area contributed by atoms with Gasteiger partial charge in [0, 0.05) is 12.2 Å². The molecule has 3 nitrogen and oxygen atoms in total. The molecule has 0 bridgehead atoms. The van der Waals surface area contributed by atoms with Crippen LogP contribution >= 0.6 is 0 Å². The molecule has 14 heavy (non-hydrogen) atoms. The highest BCUT2D eigenvalue weighted by atomic mass is 16.3. The SMILES string of the molecule is CC(O)CCCc1ccn(C(C)C)n1. The third-order valence-corrected chi connectivity index (χ3v) is 2.25. The maximum absolute atomic E-state index is 9.10. The quantitative estimate of drug-likeness (QED) is 0.783. The Morgan fingerprint density at radius 1 is 1.43 bits per heavy atom. The van der Waals surface area contributed by atoms with Crippen molar-refractivity contribution in [2.75, 3.05) is 0 Å². The Kier molecular flexibility index (Phi) is 4.14. The Bertz CT molecular complexity index is 266. The molecule has 0 saturated carbocycles. The molecule has 80 valence electrons. The van der Waals surface area contributed by atoms with E-state index in [1.807, 2.05) is 17.8 Å². The Hall–Kier alpha value is -0.830.